The minimum absolute atomic E-state index is 0.111. The highest BCUT2D eigenvalue weighted by molar-refractivity contribution is 5.88. The molecule has 0 saturated carbocycles. The van der Waals surface area contributed by atoms with E-state index >= 15 is 0 Å². The summed E-state index contributed by atoms with van der Waals surface area (Å²) >= 11 is 0. The van der Waals surface area contributed by atoms with E-state index in [9.17, 15) is 14.0 Å². The molecule has 0 fully saturated rings. The molecule has 4 nitrogen and oxygen atoms in total. The summed E-state index contributed by atoms with van der Waals surface area (Å²) in [5.41, 5.74) is 2.88. The van der Waals surface area contributed by atoms with Crippen LogP contribution in [0.15, 0.2) is 84.9 Å². The van der Waals surface area contributed by atoms with Crippen molar-refractivity contribution in [1.82, 2.24) is 10.2 Å². The highest BCUT2D eigenvalue weighted by Crippen LogP contribution is 2.29. The normalized spacial score (nSPS) is 11.8. The van der Waals surface area contributed by atoms with E-state index in [1.165, 1.54) is 12.1 Å². The quantitative estimate of drug-likeness (QED) is 0.400. The second kappa shape index (κ2) is 12.7. The van der Waals surface area contributed by atoms with Crippen LogP contribution in [0.4, 0.5) is 4.39 Å². The van der Waals surface area contributed by atoms with Gasteiger partial charge in [0.05, 0.1) is 0 Å². The SMILES string of the molecule is CCCNC(=O)[C@@H](CC)N(Cc1ccc(F)cc1)C(=O)CC(c1ccccc1)c1ccccc1. The summed E-state index contributed by atoms with van der Waals surface area (Å²) in [5, 5.41) is 2.94. The number of hydrogen-bond donors (Lipinski definition) is 1. The van der Waals surface area contributed by atoms with Crippen LogP contribution in [0.25, 0.3) is 0 Å². The van der Waals surface area contributed by atoms with Crippen molar-refractivity contribution in [2.75, 3.05) is 6.54 Å². The largest absolute Gasteiger partial charge is 0.354 e. The molecule has 0 unspecified atom stereocenters. The van der Waals surface area contributed by atoms with Gasteiger partial charge in [-0.15, -0.1) is 0 Å². The standard InChI is InChI=1S/C29H33FN2O2/c1-3-19-31-29(34)27(4-2)32(21-22-15-17-25(30)18-16-22)28(33)20-26(23-11-7-5-8-12-23)24-13-9-6-10-14-24/h5-18,26-27H,3-4,19-21H2,1-2H3,(H,31,34)/t27-/m1/s1. The first-order valence-corrected chi connectivity index (χ1v) is 11.9. The van der Waals surface area contributed by atoms with Gasteiger partial charge in [-0.2, -0.15) is 0 Å². The Morgan fingerprint density at radius 3 is 1.91 bits per heavy atom. The number of hydrogen-bond acceptors (Lipinski definition) is 2. The molecule has 0 radical (unpaired) electrons. The molecule has 34 heavy (non-hydrogen) atoms. The average molecular weight is 461 g/mol. The van der Waals surface area contributed by atoms with E-state index in [1.54, 1.807) is 17.0 Å². The van der Waals surface area contributed by atoms with E-state index < -0.39 is 6.04 Å². The highest BCUT2D eigenvalue weighted by atomic mass is 19.1. The van der Waals surface area contributed by atoms with Gasteiger partial charge in [-0.1, -0.05) is 86.6 Å². The van der Waals surface area contributed by atoms with Crippen LogP contribution in [-0.2, 0) is 16.1 Å². The lowest BCUT2D eigenvalue weighted by Crippen LogP contribution is -2.49. The van der Waals surface area contributed by atoms with Crippen molar-refractivity contribution >= 4 is 11.8 Å². The molecular formula is C29H33FN2O2. The Labute approximate surface area is 201 Å². The third-order valence-corrected chi connectivity index (χ3v) is 5.98. The smallest absolute Gasteiger partial charge is 0.242 e. The van der Waals surface area contributed by atoms with Crippen molar-refractivity contribution in [3.05, 3.63) is 107 Å². The molecule has 0 heterocycles. The molecule has 5 heteroatoms. The lowest BCUT2D eigenvalue weighted by molar-refractivity contribution is -0.141. The van der Waals surface area contributed by atoms with Crippen molar-refractivity contribution in [3.63, 3.8) is 0 Å². The van der Waals surface area contributed by atoms with Gasteiger partial charge >= 0.3 is 0 Å². The van der Waals surface area contributed by atoms with Crippen LogP contribution < -0.4 is 5.32 Å². The monoisotopic (exact) mass is 460 g/mol. The van der Waals surface area contributed by atoms with Gasteiger partial charge in [-0.05, 0) is 41.7 Å². The number of carbonyl (C=O) groups is 2. The fourth-order valence-corrected chi connectivity index (χ4v) is 4.16. The molecule has 0 aliphatic heterocycles. The number of nitrogens with one attached hydrogen (secondary N) is 1. The second-order valence-corrected chi connectivity index (χ2v) is 8.44. The Morgan fingerprint density at radius 2 is 1.41 bits per heavy atom. The Hall–Kier alpha value is -3.47. The fraction of sp³-hybridized carbons (Fsp3) is 0.310. The fourth-order valence-electron chi connectivity index (χ4n) is 4.16. The molecule has 1 N–H and O–H groups in total. The van der Waals surface area contributed by atoms with E-state index in [1.807, 2.05) is 74.5 Å². The van der Waals surface area contributed by atoms with E-state index in [-0.39, 0.29) is 36.5 Å². The summed E-state index contributed by atoms with van der Waals surface area (Å²) in [5.74, 6) is -0.735. The maximum Gasteiger partial charge on any atom is 0.242 e. The van der Waals surface area contributed by atoms with Crippen molar-refractivity contribution in [1.29, 1.82) is 0 Å². The van der Waals surface area contributed by atoms with Crippen molar-refractivity contribution in [3.8, 4) is 0 Å². The maximum atomic E-state index is 13.8. The number of rotatable bonds is 11. The van der Waals surface area contributed by atoms with Crippen LogP contribution >= 0.6 is 0 Å². The van der Waals surface area contributed by atoms with E-state index in [2.05, 4.69) is 5.32 Å². The molecule has 0 bridgehead atoms. The third-order valence-electron chi connectivity index (χ3n) is 5.98. The van der Waals surface area contributed by atoms with Crippen LogP contribution in [0.1, 0.15) is 55.7 Å². The number of halogens is 1. The molecule has 178 valence electrons. The van der Waals surface area contributed by atoms with Gasteiger partial charge in [0.25, 0.3) is 0 Å². The molecule has 3 aromatic rings. The number of carbonyl (C=O) groups excluding carboxylic acids is 2. The van der Waals surface area contributed by atoms with Gasteiger partial charge in [-0.25, -0.2) is 4.39 Å². The molecule has 0 spiro atoms. The summed E-state index contributed by atoms with van der Waals surface area (Å²) in [7, 11) is 0. The van der Waals surface area contributed by atoms with Crippen molar-refractivity contribution < 1.29 is 14.0 Å². The van der Waals surface area contributed by atoms with E-state index in [0.29, 0.717) is 13.0 Å². The van der Waals surface area contributed by atoms with Gasteiger partial charge in [0, 0.05) is 25.4 Å². The minimum atomic E-state index is -0.601. The first-order chi connectivity index (χ1) is 16.5. The molecule has 1 atom stereocenters. The van der Waals surface area contributed by atoms with Crippen LogP contribution in [0.5, 0.6) is 0 Å². The summed E-state index contributed by atoms with van der Waals surface area (Å²) in [4.78, 5) is 28.5. The van der Waals surface area contributed by atoms with Gasteiger partial charge in [0.15, 0.2) is 0 Å². The van der Waals surface area contributed by atoms with Crippen LogP contribution in [0, 0.1) is 5.82 Å². The summed E-state index contributed by atoms with van der Waals surface area (Å²) in [6.45, 7) is 4.71. The first kappa shape index (κ1) is 25.2. The zero-order chi connectivity index (χ0) is 24.3. The predicted octanol–water partition coefficient (Wildman–Crippen LogP) is 5.68. The Balaban J connectivity index is 1.93. The lowest BCUT2D eigenvalue weighted by Gasteiger charge is -2.32. The van der Waals surface area contributed by atoms with Gasteiger partial charge < -0.3 is 10.2 Å². The van der Waals surface area contributed by atoms with Crippen LogP contribution in [-0.4, -0.2) is 29.3 Å². The zero-order valence-corrected chi connectivity index (χ0v) is 19.9. The summed E-state index contributed by atoms with van der Waals surface area (Å²) in [6, 6.07) is 25.4. The molecule has 0 aromatic heterocycles. The molecule has 0 saturated heterocycles. The number of amides is 2. The van der Waals surface area contributed by atoms with Gasteiger partial charge in [-0.3, -0.25) is 9.59 Å². The predicted molar refractivity (Wildman–Crippen MR) is 134 cm³/mol. The van der Waals surface area contributed by atoms with Crippen molar-refractivity contribution in [2.24, 2.45) is 0 Å². The third kappa shape index (κ3) is 6.77. The molecule has 2 amide bonds. The number of nitrogens with zero attached hydrogens (tertiary/aromatic N) is 1. The lowest BCUT2D eigenvalue weighted by atomic mass is 9.88. The minimum Gasteiger partial charge on any atom is -0.354 e. The topological polar surface area (TPSA) is 49.4 Å². The first-order valence-electron chi connectivity index (χ1n) is 11.9. The van der Waals surface area contributed by atoms with E-state index in [4.69, 9.17) is 0 Å². The van der Waals surface area contributed by atoms with Gasteiger partial charge in [0.2, 0.25) is 11.8 Å². The zero-order valence-electron chi connectivity index (χ0n) is 19.9. The summed E-state index contributed by atoms with van der Waals surface area (Å²) < 4.78 is 13.5. The van der Waals surface area contributed by atoms with Crippen molar-refractivity contribution in [2.45, 2.75) is 51.6 Å². The van der Waals surface area contributed by atoms with Crippen LogP contribution in [0.2, 0.25) is 0 Å². The summed E-state index contributed by atoms with van der Waals surface area (Å²) in [6.07, 6.45) is 1.54. The maximum absolute atomic E-state index is 13.8. The Kier molecular flexibility index (Phi) is 9.39. The Bertz CT molecular complexity index is 999. The van der Waals surface area contributed by atoms with Crippen LogP contribution in [0.3, 0.4) is 0 Å². The average Bonchev–Trinajstić information content (AvgIpc) is 2.88. The number of benzene rings is 3. The molecule has 3 rings (SSSR count). The molecular weight excluding hydrogens is 427 g/mol. The molecule has 0 aliphatic carbocycles. The second-order valence-electron chi connectivity index (χ2n) is 8.44. The van der Waals surface area contributed by atoms with E-state index in [0.717, 1.165) is 23.1 Å². The highest BCUT2D eigenvalue weighted by Gasteiger charge is 2.30. The van der Waals surface area contributed by atoms with Gasteiger partial charge in [0.1, 0.15) is 11.9 Å². The molecule has 3 aromatic carbocycles. The Morgan fingerprint density at radius 1 is 0.853 bits per heavy atom. The molecule has 0 aliphatic rings.